The molecule has 17 heavy (non-hydrogen) atoms. The molecule has 0 amide bonds. The van der Waals surface area contributed by atoms with Gasteiger partial charge in [-0.2, -0.15) is 0 Å². The van der Waals surface area contributed by atoms with E-state index < -0.39 is 0 Å². The van der Waals surface area contributed by atoms with Crippen molar-refractivity contribution >= 4 is 0 Å². The Morgan fingerprint density at radius 1 is 1.35 bits per heavy atom. The van der Waals surface area contributed by atoms with Gasteiger partial charge in [-0.15, -0.1) is 0 Å². The summed E-state index contributed by atoms with van der Waals surface area (Å²) in [4.78, 5) is 6.54. The molecule has 0 spiro atoms. The molecule has 1 N–H and O–H groups in total. The first-order valence-electron chi connectivity index (χ1n) is 6.60. The lowest BCUT2D eigenvalue weighted by atomic mass is 10.1. The molecule has 0 saturated heterocycles. The van der Waals surface area contributed by atoms with Crippen LogP contribution in [0.1, 0.15) is 39.3 Å². The summed E-state index contributed by atoms with van der Waals surface area (Å²) in [5, 5.41) is 9.17. The van der Waals surface area contributed by atoms with E-state index in [1.165, 1.54) is 5.69 Å². The average molecular weight is 239 g/mol. The van der Waals surface area contributed by atoms with Crippen LogP contribution in [0.5, 0.6) is 0 Å². The molecule has 0 aromatic carbocycles. The van der Waals surface area contributed by atoms with Crippen molar-refractivity contribution in [3.05, 3.63) is 18.2 Å². The summed E-state index contributed by atoms with van der Waals surface area (Å²) in [5.74, 6) is 0. The van der Waals surface area contributed by atoms with E-state index in [2.05, 4.69) is 35.2 Å². The summed E-state index contributed by atoms with van der Waals surface area (Å²) >= 11 is 0. The Labute approximate surface area is 104 Å². The Kier molecular flexibility index (Phi) is 6.22. The first-order chi connectivity index (χ1) is 8.26. The molecule has 98 valence electrons. The lowest BCUT2D eigenvalue weighted by Gasteiger charge is -2.29. The van der Waals surface area contributed by atoms with Gasteiger partial charge in [0.1, 0.15) is 0 Å². The van der Waals surface area contributed by atoms with Crippen molar-refractivity contribution < 1.29 is 5.11 Å². The fraction of sp³-hybridized carbons (Fsp3) is 0.769. The second-order valence-electron chi connectivity index (χ2n) is 4.34. The van der Waals surface area contributed by atoms with Gasteiger partial charge in [-0.25, -0.2) is 4.98 Å². The van der Waals surface area contributed by atoms with Crippen LogP contribution < -0.4 is 0 Å². The molecule has 1 heterocycles. The highest BCUT2D eigenvalue weighted by molar-refractivity contribution is 4.98. The minimum absolute atomic E-state index is 0.219. The van der Waals surface area contributed by atoms with Crippen LogP contribution in [0.3, 0.4) is 0 Å². The molecular formula is C13H25N3O. The molecule has 0 radical (unpaired) electrons. The second kappa shape index (κ2) is 7.45. The van der Waals surface area contributed by atoms with Crippen molar-refractivity contribution in [3.63, 3.8) is 0 Å². The van der Waals surface area contributed by atoms with Crippen molar-refractivity contribution in [3.8, 4) is 0 Å². The number of aryl methyl sites for hydroxylation is 1. The summed E-state index contributed by atoms with van der Waals surface area (Å²) in [5.41, 5.74) is 1.23. The minimum Gasteiger partial charge on any atom is -0.395 e. The summed E-state index contributed by atoms with van der Waals surface area (Å²) in [6, 6.07) is 0.544. The largest absolute Gasteiger partial charge is 0.395 e. The Morgan fingerprint density at radius 3 is 2.59 bits per heavy atom. The lowest BCUT2D eigenvalue weighted by Crippen LogP contribution is -2.36. The van der Waals surface area contributed by atoms with Crippen LogP contribution in [0.4, 0.5) is 0 Å². The quantitative estimate of drug-likeness (QED) is 0.753. The topological polar surface area (TPSA) is 41.3 Å². The van der Waals surface area contributed by atoms with Gasteiger partial charge in [-0.1, -0.05) is 13.8 Å². The van der Waals surface area contributed by atoms with Crippen LogP contribution in [0, 0.1) is 0 Å². The molecule has 0 unspecified atom stereocenters. The SMILES string of the molecule is CCC(CC)N(CCO)Cc1cncn1CC. The smallest absolute Gasteiger partial charge is 0.0948 e. The molecule has 0 atom stereocenters. The average Bonchev–Trinajstić information content (AvgIpc) is 2.78. The number of hydrogen-bond acceptors (Lipinski definition) is 3. The predicted molar refractivity (Wildman–Crippen MR) is 69.8 cm³/mol. The first kappa shape index (κ1) is 14.2. The van der Waals surface area contributed by atoms with Crippen LogP contribution in [-0.4, -0.2) is 38.8 Å². The van der Waals surface area contributed by atoms with Crippen LogP contribution in [0.15, 0.2) is 12.5 Å². The molecule has 0 aliphatic heterocycles. The number of imidazole rings is 1. The van der Waals surface area contributed by atoms with Crippen molar-refractivity contribution in [1.82, 2.24) is 14.5 Å². The number of hydrogen-bond donors (Lipinski definition) is 1. The zero-order valence-electron chi connectivity index (χ0n) is 11.3. The zero-order valence-corrected chi connectivity index (χ0v) is 11.3. The van der Waals surface area contributed by atoms with Gasteiger partial charge in [0.05, 0.1) is 18.6 Å². The van der Waals surface area contributed by atoms with Gasteiger partial charge >= 0.3 is 0 Å². The van der Waals surface area contributed by atoms with E-state index in [1.54, 1.807) is 0 Å². The van der Waals surface area contributed by atoms with E-state index in [0.29, 0.717) is 6.04 Å². The van der Waals surface area contributed by atoms with Crippen molar-refractivity contribution in [2.45, 2.75) is 52.7 Å². The minimum atomic E-state index is 0.219. The van der Waals surface area contributed by atoms with Gasteiger partial charge in [0, 0.05) is 31.9 Å². The van der Waals surface area contributed by atoms with Gasteiger partial charge in [-0.05, 0) is 19.8 Å². The molecule has 0 saturated carbocycles. The Hall–Kier alpha value is -0.870. The molecule has 0 bridgehead atoms. The third-order valence-corrected chi connectivity index (χ3v) is 3.35. The number of aliphatic hydroxyl groups excluding tert-OH is 1. The highest BCUT2D eigenvalue weighted by Gasteiger charge is 2.16. The molecule has 4 heteroatoms. The number of rotatable bonds is 8. The van der Waals surface area contributed by atoms with E-state index in [9.17, 15) is 0 Å². The van der Waals surface area contributed by atoms with E-state index in [4.69, 9.17) is 5.11 Å². The Morgan fingerprint density at radius 2 is 2.06 bits per heavy atom. The highest BCUT2D eigenvalue weighted by Crippen LogP contribution is 2.13. The van der Waals surface area contributed by atoms with Gasteiger partial charge < -0.3 is 9.67 Å². The maximum Gasteiger partial charge on any atom is 0.0948 e. The van der Waals surface area contributed by atoms with Crippen molar-refractivity contribution in [2.24, 2.45) is 0 Å². The van der Waals surface area contributed by atoms with Crippen LogP contribution in [0.2, 0.25) is 0 Å². The summed E-state index contributed by atoms with van der Waals surface area (Å²) < 4.78 is 2.16. The number of aliphatic hydroxyl groups is 1. The van der Waals surface area contributed by atoms with Crippen LogP contribution in [-0.2, 0) is 13.1 Å². The monoisotopic (exact) mass is 239 g/mol. The van der Waals surface area contributed by atoms with E-state index in [0.717, 1.165) is 32.5 Å². The molecule has 1 aromatic rings. The zero-order chi connectivity index (χ0) is 12.7. The lowest BCUT2D eigenvalue weighted by molar-refractivity contribution is 0.134. The van der Waals surface area contributed by atoms with Gasteiger partial charge in [0.25, 0.3) is 0 Å². The molecule has 1 rings (SSSR count). The van der Waals surface area contributed by atoms with E-state index in [-0.39, 0.29) is 6.61 Å². The summed E-state index contributed by atoms with van der Waals surface area (Å²) in [6.45, 7) is 9.31. The molecule has 1 aromatic heterocycles. The van der Waals surface area contributed by atoms with E-state index >= 15 is 0 Å². The molecule has 0 aliphatic carbocycles. The maximum absolute atomic E-state index is 9.17. The van der Waals surface area contributed by atoms with Crippen molar-refractivity contribution in [1.29, 1.82) is 0 Å². The van der Waals surface area contributed by atoms with Gasteiger partial charge in [0.15, 0.2) is 0 Å². The van der Waals surface area contributed by atoms with Crippen LogP contribution >= 0.6 is 0 Å². The second-order valence-corrected chi connectivity index (χ2v) is 4.34. The predicted octanol–water partition coefficient (Wildman–Crippen LogP) is 1.89. The highest BCUT2D eigenvalue weighted by atomic mass is 16.3. The molecule has 4 nitrogen and oxygen atoms in total. The van der Waals surface area contributed by atoms with Crippen LogP contribution in [0.25, 0.3) is 0 Å². The summed E-state index contributed by atoms with van der Waals surface area (Å²) in [7, 11) is 0. The Bertz CT molecular complexity index is 307. The van der Waals surface area contributed by atoms with E-state index in [1.807, 2.05) is 12.5 Å². The number of nitrogens with zero attached hydrogens (tertiary/aromatic N) is 3. The number of aromatic nitrogens is 2. The normalized spacial score (nSPS) is 11.6. The molecule has 0 aliphatic rings. The third-order valence-electron chi connectivity index (χ3n) is 3.35. The summed E-state index contributed by atoms with van der Waals surface area (Å²) in [6.07, 6.45) is 6.04. The molecule has 0 fully saturated rings. The fourth-order valence-electron chi connectivity index (χ4n) is 2.30. The fourth-order valence-corrected chi connectivity index (χ4v) is 2.30. The van der Waals surface area contributed by atoms with Gasteiger partial charge in [0.2, 0.25) is 0 Å². The van der Waals surface area contributed by atoms with Gasteiger partial charge in [-0.3, -0.25) is 4.90 Å². The third kappa shape index (κ3) is 3.82. The standard InChI is InChI=1S/C13H25N3O/c1-4-12(5-2)16(7-8-17)10-13-9-14-11-15(13)6-3/h9,11-12,17H,4-8,10H2,1-3H3. The Balaban J connectivity index is 2.71. The maximum atomic E-state index is 9.17. The van der Waals surface area contributed by atoms with Crippen molar-refractivity contribution in [2.75, 3.05) is 13.2 Å². The first-order valence-corrected chi connectivity index (χ1v) is 6.60. The molecular weight excluding hydrogens is 214 g/mol.